The Labute approximate surface area is 105 Å². The Morgan fingerprint density at radius 3 is 2.39 bits per heavy atom. The number of rotatable bonds is 9. The van der Waals surface area contributed by atoms with E-state index in [1.807, 2.05) is 6.92 Å². The van der Waals surface area contributed by atoms with Crippen molar-refractivity contribution in [3.8, 4) is 0 Å². The van der Waals surface area contributed by atoms with E-state index >= 15 is 0 Å². The molecule has 0 N–H and O–H groups in total. The maximum atomic E-state index is 12.2. The van der Waals surface area contributed by atoms with Crippen LogP contribution in [0.2, 0.25) is 0 Å². The smallest absolute Gasteiger partial charge is 0.303 e. The Balaban J connectivity index is 4.52. The number of ether oxygens (including phenoxy) is 1. The highest BCUT2D eigenvalue weighted by molar-refractivity contribution is 5.80. The number of unbranched alkanes of at least 4 members (excludes halogenated alkanes) is 1. The molecule has 0 heterocycles. The molecule has 2 atom stereocenters. The summed E-state index contributed by atoms with van der Waals surface area (Å²) in [4.78, 5) is 21.6. The summed E-state index contributed by atoms with van der Waals surface area (Å²) in [6, 6.07) is 0. The quantitative estimate of drug-likeness (QED) is 0.603. The molecular formula is C12H19F3O3. The van der Waals surface area contributed by atoms with Gasteiger partial charge in [-0.1, -0.05) is 19.8 Å². The van der Waals surface area contributed by atoms with Crippen LogP contribution in [0.4, 0.5) is 13.2 Å². The SMILES string of the molecule is CCCCC(CC(CC=O)C(C)=O)OC(F)(F)F. The van der Waals surface area contributed by atoms with Crippen molar-refractivity contribution in [2.24, 2.45) is 5.92 Å². The minimum Gasteiger partial charge on any atom is -0.303 e. The van der Waals surface area contributed by atoms with Gasteiger partial charge in [-0.25, -0.2) is 0 Å². The van der Waals surface area contributed by atoms with E-state index in [2.05, 4.69) is 4.74 Å². The molecule has 0 amide bonds. The van der Waals surface area contributed by atoms with E-state index in [1.165, 1.54) is 6.92 Å². The van der Waals surface area contributed by atoms with Crippen molar-refractivity contribution >= 4 is 12.1 Å². The maximum Gasteiger partial charge on any atom is 0.522 e. The first-order chi connectivity index (χ1) is 8.30. The molecule has 0 aromatic rings. The van der Waals surface area contributed by atoms with Crippen molar-refractivity contribution in [3.05, 3.63) is 0 Å². The highest BCUT2D eigenvalue weighted by atomic mass is 19.4. The number of halogens is 3. The zero-order valence-electron chi connectivity index (χ0n) is 10.6. The van der Waals surface area contributed by atoms with Crippen molar-refractivity contribution < 1.29 is 27.5 Å². The van der Waals surface area contributed by atoms with Crippen LogP contribution in [0.5, 0.6) is 0 Å². The van der Waals surface area contributed by atoms with Crippen LogP contribution in [-0.4, -0.2) is 24.5 Å². The highest BCUT2D eigenvalue weighted by Crippen LogP contribution is 2.26. The fraction of sp³-hybridized carbons (Fsp3) is 0.833. The topological polar surface area (TPSA) is 43.4 Å². The Kier molecular flexibility index (Phi) is 7.82. The molecule has 0 aromatic carbocycles. The third-order valence-electron chi connectivity index (χ3n) is 2.68. The number of hydrogen-bond acceptors (Lipinski definition) is 3. The molecule has 0 aliphatic heterocycles. The molecule has 106 valence electrons. The number of Topliss-reactive ketones (excluding diaryl/α,β-unsaturated/α-hetero) is 1. The molecule has 18 heavy (non-hydrogen) atoms. The molecule has 0 rings (SSSR count). The monoisotopic (exact) mass is 268 g/mol. The largest absolute Gasteiger partial charge is 0.522 e. The highest BCUT2D eigenvalue weighted by Gasteiger charge is 2.34. The first-order valence-electron chi connectivity index (χ1n) is 5.98. The first-order valence-corrected chi connectivity index (χ1v) is 5.98. The molecule has 0 spiro atoms. The molecule has 0 fully saturated rings. The van der Waals surface area contributed by atoms with Crippen LogP contribution in [0.15, 0.2) is 0 Å². The lowest BCUT2D eigenvalue weighted by molar-refractivity contribution is -0.344. The van der Waals surface area contributed by atoms with Crippen molar-refractivity contribution in [1.29, 1.82) is 0 Å². The molecule has 0 aromatic heterocycles. The summed E-state index contributed by atoms with van der Waals surface area (Å²) in [7, 11) is 0. The Hall–Kier alpha value is -0.910. The normalized spacial score (nSPS) is 15.2. The molecular weight excluding hydrogens is 249 g/mol. The lowest BCUT2D eigenvalue weighted by Crippen LogP contribution is -2.28. The Bertz CT molecular complexity index is 264. The predicted molar refractivity (Wildman–Crippen MR) is 59.9 cm³/mol. The van der Waals surface area contributed by atoms with Crippen LogP contribution in [0, 0.1) is 5.92 Å². The number of ketones is 1. The third kappa shape index (κ3) is 8.22. The van der Waals surface area contributed by atoms with Gasteiger partial charge in [-0.2, -0.15) is 0 Å². The average molecular weight is 268 g/mol. The van der Waals surface area contributed by atoms with Crippen molar-refractivity contribution in [1.82, 2.24) is 0 Å². The minimum absolute atomic E-state index is 0.0564. The second-order valence-electron chi connectivity index (χ2n) is 4.27. The van der Waals surface area contributed by atoms with Gasteiger partial charge in [-0.15, -0.1) is 13.2 Å². The minimum atomic E-state index is -4.71. The fourth-order valence-corrected chi connectivity index (χ4v) is 1.71. The van der Waals surface area contributed by atoms with E-state index in [1.54, 1.807) is 0 Å². The van der Waals surface area contributed by atoms with Gasteiger partial charge in [0.2, 0.25) is 0 Å². The first kappa shape index (κ1) is 17.1. The third-order valence-corrected chi connectivity index (χ3v) is 2.68. The molecule has 0 saturated carbocycles. The van der Waals surface area contributed by atoms with Gasteiger partial charge in [-0.05, 0) is 19.8 Å². The zero-order valence-corrected chi connectivity index (χ0v) is 10.6. The Morgan fingerprint density at radius 2 is 2.00 bits per heavy atom. The fourth-order valence-electron chi connectivity index (χ4n) is 1.71. The molecule has 0 aliphatic carbocycles. The second kappa shape index (κ2) is 8.24. The van der Waals surface area contributed by atoms with E-state index in [9.17, 15) is 22.8 Å². The van der Waals surface area contributed by atoms with E-state index in [4.69, 9.17) is 0 Å². The lowest BCUT2D eigenvalue weighted by atomic mass is 9.93. The summed E-state index contributed by atoms with van der Waals surface area (Å²) >= 11 is 0. The molecule has 6 heteroatoms. The van der Waals surface area contributed by atoms with Crippen LogP contribution < -0.4 is 0 Å². The van der Waals surface area contributed by atoms with E-state index in [0.29, 0.717) is 12.7 Å². The van der Waals surface area contributed by atoms with Gasteiger partial charge in [0.15, 0.2) is 0 Å². The summed E-state index contributed by atoms with van der Waals surface area (Å²) in [5, 5.41) is 0. The maximum absolute atomic E-state index is 12.2. The second-order valence-corrected chi connectivity index (χ2v) is 4.27. The van der Waals surface area contributed by atoms with E-state index in [0.717, 1.165) is 6.42 Å². The number of carbonyl (C=O) groups excluding carboxylic acids is 2. The summed E-state index contributed by atoms with van der Waals surface area (Å²) in [6.07, 6.45) is -3.76. The van der Waals surface area contributed by atoms with Crippen molar-refractivity contribution in [3.63, 3.8) is 0 Å². The number of aldehydes is 1. The van der Waals surface area contributed by atoms with Gasteiger partial charge in [0.05, 0.1) is 6.10 Å². The van der Waals surface area contributed by atoms with Gasteiger partial charge in [-0.3, -0.25) is 9.53 Å². The van der Waals surface area contributed by atoms with Crippen LogP contribution in [0.3, 0.4) is 0 Å². The van der Waals surface area contributed by atoms with E-state index in [-0.39, 0.29) is 25.0 Å². The van der Waals surface area contributed by atoms with Gasteiger partial charge < -0.3 is 4.79 Å². The average Bonchev–Trinajstić information content (AvgIpc) is 2.23. The van der Waals surface area contributed by atoms with Crippen LogP contribution in [0.1, 0.15) is 46.0 Å². The predicted octanol–water partition coefficient (Wildman–Crippen LogP) is 3.27. The number of alkyl halides is 3. The Morgan fingerprint density at radius 1 is 1.39 bits per heavy atom. The zero-order chi connectivity index (χ0) is 14.2. The molecule has 0 saturated heterocycles. The van der Waals surface area contributed by atoms with Gasteiger partial charge in [0.25, 0.3) is 0 Å². The number of carbonyl (C=O) groups is 2. The van der Waals surface area contributed by atoms with Crippen molar-refractivity contribution in [2.45, 2.75) is 58.4 Å². The summed E-state index contributed by atoms with van der Waals surface area (Å²) in [5.41, 5.74) is 0. The van der Waals surface area contributed by atoms with Crippen LogP contribution >= 0.6 is 0 Å². The summed E-state index contributed by atoms with van der Waals surface area (Å²) < 4.78 is 40.6. The molecule has 2 unspecified atom stereocenters. The molecule has 3 nitrogen and oxygen atoms in total. The van der Waals surface area contributed by atoms with Crippen LogP contribution in [0.25, 0.3) is 0 Å². The standard InChI is InChI=1S/C12H19F3O3/c1-3-4-5-11(18-12(13,14)15)8-10(6-7-16)9(2)17/h7,10-11H,3-6,8H2,1-2H3. The molecule has 0 radical (unpaired) electrons. The number of hydrogen-bond donors (Lipinski definition) is 0. The van der Waals surface area contributed by atoms with Gasteiger partial charge >= 0.3 is 6.36 Å². The van der Waals surface area contributed by atoms with Gasteiger partial charge in [0.1, 0.15) is 12.1 Å². The summed E-state index contributed by atoms with van der Waals surface area (Å²) in [6.45, 7) is 3.14. The van der Waals surface area contributed by atoms with Crippen LogP contribution in [-0.2, 0) is 14.3 Å². The van der Waals surface area contributed by atoms with Gasteiger partial charge in [0, 0.05) is 12.3 Å². The lowest BCUT2D eigenvalue weighted by Gasteiger charge is -2.22. The summed E-state index contributed by atoms with van der Waals surface area (Å²) in [5.74, 6) is -0.971. The van der Waals surface area contributed by atoms with E-state index < -0.39 is 18.4 Å². The molecule has 0 bridgehead atoms. The van der Waals surface area contributed by atoms with Crippen molar-refractivity contribution in [2.75, 3.05) is 0 Å². The molecule has 0 aliphatic rings.